The van der Waals surface area contributed by atoms with E-state index in [4.69, 9.17) is 4.74 Å². The Morgan fingerprint density at radius 1 is 0.808 bits per heavy atom. The van der Waals surface area contributed by atoms with Crippen molar-refractivity contribution in [1.82, 2.24) is 4.90 Å². The molecule has 4 aliphatic rings. The first kappa shape index (κ1) is 35.8. The van der Waals surface area contributed by atoms with Gasteiger partial charge in [0.1, 0.15) is 11.8 Å². The molecule has 52 heavy (non-hydrogen) atoms. The number of fused-ring (bicyclic) bond motifs is 2. The Morgan fingerprint density at radius 2 is 1.42 bits per heavy atom. The molecule has 3 amide bonds. The fraction of sp³-hybridized carbons (Fsp3) is 0.405. The molecule has 0 bridgehead atoms. The highest BCUT2D eigenvalue weighted by Gasteiger charge is 2.74. The molecule has 2 fully saturated rings. The lowest BCUT2D eigenvalue weighted by molar-refractivity contribution is -0.142. The summed E-state index contributed by atoms with van der Waals surface area (Å²) in [6.45, 7) is 10.8. The summed E-state index contributed by atoms with van der Waals surface area (Å²) in [5, 5.41) is 11.0. The number of rotatable bonds is 11. The molecule has 9 nitrogen and oxygen atoms in total. The van der Waals surface area contributed by atoms with Crippen LogP contribution >= 0.6 is 11.8 Å². The molecule has 3 aromatic carbocycles. The van der Waals surface area contributed by atoms with Crippen molar-refractivity contribution < 1.29 is 24.2 Å². The van der Waals surface area contributed by atoms with Gasteiger partial charge < -0.3 is 29.4 Å². The monoisotopic (exact) mass is 720 g/mol. The van der Waals surface area contributed by atoms with Gasteiger partial charge in [0.15, 0.2) is 0 Å². The molecule has 4 aliphatic heterocycles. The van der Waals surface area contributed by atoms with Gasteiger partial charge in [-0.3, -0.25) is 14.4 Å². The molecule has 10 heteroatoms. The quantitative estimate of drug-likeness (QED) is 0.253. The van der Waals surface area contributed by atoms with Crippen molar-refractivity contribution in [1.29, 1.82) is 0 Å². The van der Waals surface area contributed by atoms with E-state index in [0.717, 1.165) is 41.5 Å². The van der Waals surface area contributed by atoms with Crippen molar-refractivity contribution in [2.45, 2.75) is 55.7 Å². The highest BCUT2D eigenvalue weighted by atomic mass is 32.2. The van der Waals surface area contributed by atoms with Crippen LogP contribution in [-0.2, 0) is 20.8 Å². The Hall–Kier alpha value is -4.54. The second-order valence-corrected chi connectivity index (χ2v) is 15.9. The van der Waals surface area contributed by atoms with E-state index in [1.165, 1.54) is 0 Å². The summed E-state index contributed by atoms with van der Waals surface area (Å²) in [6, 6.07) is 23.6. The fourth-order valence-corrected chi connectivity index (χ4v) is 10.9. The lowest BCUT2D eigenvalue weighted by Gasteiger charge is -2.40. The SMILES string of the molecule is CCOc1ccc(N2CC=C[C@]3(C)S[C@]45C=CCN(c6ccc(N(CC)CC)cc6)C(=O)C4N([C@@H](CO)Cc4ccccc4)C(=O)[C@@H]5[C@@H]3C2=O)cc1. The van der Waals surface area contributed by atoms with E-state index in [1.807, 2.05) is 111 Å². The molecule has 0 radical (unpaired) electrons. The summed E-state index contributed by atoms with van der Waals surface area (Å²) in [5.74, 6) is -1.50. The molecule has 0 aliphatic carbocycles. The number of hydrogen-bond acceptors (Lipinski definition) is 7. The summed E-state index contributed by atoms with van der Waals surface area (Å²) in [6.07, 6.45) is 8.47. The van der Waals surface area contributed by atoms with Gasteiger partial charge in [-0.05, 0) is 88.2 Å². The van der Waals surface area contributed by atoms with Gasteiger partial charge in [-0.15, -0.1) is 11.8 Å². The average molecular weight is 721 g/mol. The second kappa shape index (κ2) is 14.5. The summed E-state index contributed by atoms with van der Waals surface area (Å²) in [4.78, 5) is 52.8. The summed E-state index contributed by atoms with van der Waals surface area (Å²) in [5.41, 5.74) is 3.48. The van der Waals surface area contributed by atoms with Gasteiger partial charge in [-0.1, -0.05) is 54.6 Å². The smallest absolute Gasteiger partial charge is 0.251 e. The van der Waals surface area contributed by atoms with Crippen LogP contribution in [-0.4, -0.2) is 88.7 Å². The Kier molecular flexibility index (Phi) is 9.97. The summed E-state index contributed by atoms with van der Waals surface area (Å²) >= 11 is 1.55. The van der Waals surface area contributed by atoms with Crippen molar-refractivity contribution in [2.75, 3.05) is 54.1 Å². The van der Waals surface area contributed by atoms with Crippen LogP contribution < -0.4 is 19.4 Å². The van der Waals surface area contributed by atoms with Gasteiger partial charge in [-0.2, -0.15) is 0 Å². The van der Waals surface area contributed by atoms with E-state index in [1.54, 1.807) is 26.5 Å². The molecule has 1 unspecified atom stereocenters. The van der Waals surface area contributed by atoms with Crippen LogP contribution in [0.2, 0.25) is 0 Å². The highest BCUT2D eigenvalue weighted by molar-refractivity contribution is 8.02. The van der Waals surface area contributed by atoms with E-state index >= 15 is 9.59 Å². The van der Waals surface area contributed by atoms with Crippen LogP contribution in [0.25, 0.3) is 0 Å². The van der Waals surface area contributed by atoms with Crippen LogP contribution in [0.5, 0.6) is 5.75 Å². The number of carbonyl (C=O) groups is 3. The number of likely N-dealkylation sites (tertiary alicyclic amines) is 1. The molecule has 0 aromatic heterocycles. The maximum absolute atomic E-state index is 15.2. The van der Waals surface area contributed by atoms with E-state index in [2.05, 4.69) is 24.8 Å². The van der Waals surface area contributed by atoms with Gasteiger partial charge in [0.2, 0.25) is 11.8 Å². The average Bonchev–Trinajstić information content (AvgIpc) is 3.43. The van der Waals surface area contributed by atoms with Gasteiger partial charge in [0, 0.05) is 48.0 Å². The number of nitrogens with zero attached hydrogens (tertiary/aromatic N) is 4. The topological polar surface area (TPSA) is 93.6 Å². The number of hydrogen-bond donors (Lipinski definition) is 1. The normalized spacial score (nSPS) is 27.2. The van der Waals surface area contributed by atoms with Gasteiger partial charge >= 0.3 is 0 Å². The van der Waals surface area contributed by atoms with Crippen molar-refractivity contribution in [2.24, 2.45) is 11.8 Å². The number of aliphatic hydroxyl groups excluding tert-OH is 1. The summed E-state index contributed by atoms with van der Waals surface area (Å²) in [7, 11) is 0. The van der Waals surface area contributed by atoms with Crippen LogP contribution in [0, 0.1) is 11.8 Å². The Labute approximate surface area is 310 Å². The largest absolute Gasteiger partial charge is 0.494 e. The molecule has 3 aromatic rings. The minimum absolute atomic E-state index is 0.155. The molecule has 1 spiro atoms. The van der Waals surface area contributed by atoms with Crippen molar-refractivity contribution in [3.8, 4) is 5.75 Å². The predicted molar refractivity (Wildman–Crippen MR) is 208 cm³/mol. The zero-order chi connectivity index (χ0) is 36.6. The third-order valence-electron chi connectivity index (χ3n) is 11.2. The van der Waals surface area contributed by atoms with E-state index in [-0.39, 0.29) is 24.3 Å². The number of ether oxygens (including phenoxy) is 1. The number of thioether (sulfide) groups is 1. The number of carbonyl (C=O) groups excluding carboxylic acids is 3. The Balaban J connectivity index is 1.32. The van der Waals surface area contributed by atoms with Crippen LogP contribution in [0.3, 0.4) is 0 Å². The third kappa shape index (κ3) is 5.99. The van der Waals surface area contributed by atoms with Gasteiger partial charge in [-0.25, -0.2) is 0 Å². The van der Waals surface area contributed by atoms with Gasteiger partial charge in [0.25, 0.3) is 5.91 Å². The third-order valence-corrected chi connectivity index (χ3v) is 13.0. The first-order valence-electron chi connectivity index (χ1n) is 18.4. The minimum atomic E-state index is -1.05. The number of anilines is 3. The molecule has 272 valence electrons. The molecule has 6 atom stereocenters. The maximum atomic E-state index is 15.2. The van der Waals surface area contributed by atoms with Crippen LogP contribution in [0.15, 0.2) is 103 Å². The van der Waals surface area contributed by atoms with E-state index in [9.17, 15) is 9.90 Å². The van der Waals surface area contributed by atoms with Crippen molar-refractivity contribution in [3.05, 3.63) is 109 Å². The first-order chi connectivity index (χ1) is 25.2. The highest BCUT2D eigenvalue weighted by Crippen LogP contribution is 2.66. The van der Waals surface area contributed by atoms with Gasteiger partial charge in [0.05, 0.1) is 35.8 Å². The number of benzene rings is 3. The van der Waals surface area contributed by atoms with Crippen LogP contribution in [0.1, 0.15) is 33.3 Å². The standard InChI is InChI=1S/C42H48N4O5S/c1-5-43(6-2)30-15-17-31(18-16-30)45-26-12-24-42-36(39(49)46(37(42)40(45)50)33(28-47)27-29-13-9-8-10-14-29)35-38(48)44(25-11-23-41(35,4)52-42)32-19-21-34(22-20-32)51-7-3/h8-24,33,35-37,47H,5-7,25-28H2,1-4H3/t33-,35-,36+,37?,41+,42+/m1/s1. The molecular weight excluding hydrogens is 673 g/mol. The lowest BCUT2D eigenvalue weighted by atomic mass is 9.74. The fourth-order valence-electron chi connectivity index (χ4n) is 8.78. The van der Waals surface area contributed by atoms with Crippen molar-refractivity contribution >= 4 is 46.5 Å². The van der Waals surface area contributed by atoms with E-state index in [0.29, 0.717) is 26.1 Å². The second-order valence-electron chi connectivity index (χ2n) is 14.1. The molecular formula is C42H48N4O5S. The molecule has 4 heterocycles. The zero-order valence-electron chi connectivity index (χ0n) is 30.4. The minimum Gasteiger partial charge on any atom is -0.494 e. The van der Waals surface area contributed by atoms with E-state index < -0.39 is 33.4 Å². The maximum Gasteiger partial charge on any atom is 0.251 e. The molecule has 7 rings (SSSR count). The summed E-state index contributed by atoms with van der Waals surface area (Å²) < 4.78 is 3.84. The number of aliphatic hydroxyl groups is 1. The first-order valence-corrected chi connectivity index (χ1v) is 19.2. The Bertz CT molecular complexity index is 1850. The molecule has 2 saturated heterocycles. The molecule has 1 N–H and O–H groups in total. The van der Waals surface area contributed by atoms with Crippen molar-refractivity contribution in [3.63, 3.8) is 0 Å². The Morgan fingerprint density at radius 3 is 2.04 bits per heavy atom. The number of amides is 3. The van der Waals surface area contributed by atoms with Crippen LogP contribution in [0.4, 0.5) is 17.1 Å². The zero-order valence-corrected chi connectivity index (χ0v) is 31.2. The lowest BCUT2D eigenvalue weighted by Crippen LogP contribution is -2.57. The predicted octanol–water partition coefficient (Wildman–Crippen LogP) is 5.73. The molecule has 0 saturated carbocycles.